The highest BCUT2D eigenvalue weighted by Crippen LogP contribution is 2.15. The summed E-state index contributed by atoms with van der Waals surface area (Å²) in [6.45, 7) is 3.57. The van der Waals surface area contributed by atoms with E-state index in [1.165, 1.54) is 0 Å². The summed E-state index contributed by atoms with van der Waals surface area (Å²) < 4.78 is 0. The molecule has 0 bridgehead atoms. The van der Waals surface area contributed by atoms with Gasteiger partial charge in [-0.25, -0.2) is 0 Å². The van der Waals surface area contributed by atoms with Gasteiger partial charge in [-0.05, 0) is 12.1 Å². The molecule has 0 unspecified atom stereocenters. The minimum absolute atomic E-state index is 0.136. The van der Waals surface area contributed by atoms with Crippen LogP contribution in [-0.2, 0) is 0 Å². The number of aromatic hydroxyl groups is 1. The number of rotatable bonds is 1. The molecule has 0 aliphatic heterocycles. The molecule has 4 heteroatoms. The van der Waals surface area contributed by atoms with Crippen LogP contribution in [0.5, 0.6) is 5.75 Å². The number of nitrogens with one attached hydrogen (secondary N) is 2. The molecule has 1 heterocycles. The number of H-pyrrole nitrogens is 2. The van der Waals surface area contributed by atoms with E-state index in [1.54, 1.807) is 30.3 Å². The van der Waals surface area contributed by atoms with Crippen molar-refractivity contribution in [3.8, 4) is 5.75 Å². The first-order valence-electron chi connectivity index (χ1n) is 4.44. The lowest BCUT2D eigenvalue weighted by Gasteiger charge is -1.95. The lowest BCUT2D eigenvalue weighted by atomic mass is 10.2. The van der Waals surface area contributed by atoms with E-state index in [0.29, 0.717) is 16.4 Å². The topological polar surface area (TPSA) is 68.9 Å². The van der Waals surface area contributed by atoms with E-state index in [1.807, 2.05) is 0 Å². The number of aromatic amines is 2. The standard InChI is InChI=1S/C11H10N2O2/c1-7-12-9(11(15)13-7)6-8-4-2-3-5-10(8)14/h2-6,12,14H,1H2,(H,13,15). The average molecular weight is 202 g/mol. The van der Waals surface area contributed by atoms with Gasteiger partial charge in [-0.15, -0.1) is 0 Å². The maximum Gasteiger partial charge on any atom is 0.273 e. The maximum absolute atomic E-state index is 11.3. The smallest absolute Gasteiger partial charge is 0.273 e. The van der Waals surface area contributed by atoms with E-state index in [4.69, 9.17) is 0 Å². The highest BCUT2D eigenvalue weighted by Gasteiger charge is 1.96. The van der Waals surface area contributed by atoms with Crippen LogP contribution in [0.1, 0.15) is 5.56 Å². The molecule has 0 saturated heterocycles. The minimum Gasteiger partial charge on any atom is -0.507 e. The second kappa shape index (κ2) is 3.49. The number of hydrogen-bond donors (Lipinski definition) is 3. The zero-order chi connectivity index (χ0) is 10.8. The molecule has 4 nitrogen and oxygen atoms in total. The average Bonchev–Trinajstić information content (AvgIpc) is 2.49. The molecule has 0 atom stereocenters. The summed E-state index contributed by atoms with van der Waals surface area (Å²) in [5.74, 6) is 0.136. The Morgan fingerprint density at radius 3 is 2.60 bits per heavy atom. The first-order chi connectivity index (χ1) is 7.16. The van der Waals surface area contributed by atoms with E-state index in [-0.39, 0.29) is 11.3 Å². The molecule has 0 aliphatic carbocycles. The second-order valence-electron chi connectivity index (χ2n) is 3.17. The van der Waals surface area contributed by atoms with Crippen LogP contribution in [0, 0.1) is 0 Å². The molecule has 0 aliphatic rings. The Labute approximate surface area is 85.2 Å². The van der Waals surface area contributed by atoms with Crippen LogP contribution < -0.4 is 16.4 Å². The third-order valence-corrected chi connectivity index (χ3v) is 2.03. The SMILES string of the molecule is C=c1[nH]c(=O)c(=Cc2ccccc2O)[nH]1. The number of hydrogen-bond acceptors (Lipinski definition) is 2. The minimum atomic E-state index is -0.247. The van der Waals surface area contributed by atoms with Crippen LogP contribution in [0.3, 0.4) is 0 Å². The summed E-state index contributed by atoms with van der Waals surface area (Å²) in [5, 5.41) is 9.87. The highest BCUT2D eigenvalue weighted by molar-refractivity contribution is 5.55. The second-order valence-corrected chi connectivity index (χ2v) is 3.17. The fourth-order valence-electron chi connectivity index (χ4n) is 1.32. The molecule has 3 N–H and O–H groups in total. The number of phenols is 1. The number of para-hydroxylation sites is 1. The predicted molar refractivity (Wildman–Crippen MR) is 57.9 cm³/mol. The highest BCUT2D eigenvalue weighted by atomic mass is 16.3. The fraction of sp³-hybridized carbons (Fsp3) is 0. The van der Waals surface area contributed by atoms with Crippen LogP contribution in [0.2, 0.25) is 0 Å². The van der Waals surface area contributed by atoms with Crippen molar-refractivity contribution in [3.05, 3.63) is 51.0 Å². The quantitative estimate of drug-likeness (QED) is 0.591. The summed E-state index contributed by atoms with van der Waals surface area (Å²) in [5.41, 5.74) is 0.787. The molecule has 0 spiro atoms. The van der Waals surface area contributed by atoms with Gasteiger partial charge in [0.15, 0.2) is 0 Å². The van der Waals surface area contributed by atoms with Crippen LogP contribution >= 0.6 is 0 Å². The Hall–Kier alpha value is -2.23. The van der Waals surface area contributed by atoms with Gasteiger partial charge >= 0.3 is 0 Å². The first kappa shape index (κ1) is 9.33. The molecule has 15 heavy (non-hydrogen) atoms. The van der Waals surface area contributed by atoms with Crippen LogP contribution in [0.15, 0.2) is 29.1 Å². The molecule has 0 fully saturated rings. The van der Waals surface area contributed by atoms with E-state index in [0.717, 1.165) is 0 Å². The van der Waals surface area contributed by atoms with Gasteiger partial charge in [0, 0.05) is 5.56 Å². The summed E-state index contributed by atoms with van der Waals surface area (Å²) in [7, 11) is 0. The Balaban J connectivity index is 2.66. The number of phenolic OH excluding ortho intramolecular Hbond substituents is 1. The van der Waals surface area contributed by atoms with E-state index in [2.05, 4.69) is 16.5 Å². The summed E-state index contributed by atoms with van der Waals surface area (Å²) in [6, 6.07) is 6.79. The number of aromatic nitrogens is 2. The Kier molecular flexibility index (Phi) is 2.17. The summed E-state index contributed by atoms with van der Waals surface area (Å²) in [6.07, 6.45) is 1.57. The Morgan fingerprint density at radius 1 is 1.27 bits per heavy atom. The van der Waals surface area contributed by atoms with Crippen LogP contribution in [0.25, 0.3) is 12.7 Å². The van der Waals surface area contributed by atoms with Crippen molar-refractivity contribution in [2.45, 2.75) is 0 Å². The molecule has 0 radical (unpaired) electrons. The largest absolute Gasteiger partial charge is 0.507 e. The maximum atomic E-state index is 11.3. The van der Waals surface area contributed by atoms with Crippen molar-refractivity contribution in [2.24, 2.45) is 0 Å². The zero-order valence-corrected chi connectivity index (χ0v) is 7.95. The van der Waals surface area contributed by atoms with Crippen molar-refractivity contribution in [2.75, 3.05) is 0 Å². The molecule has 0 amide bonds. The summed E-state index contributed by atoms with van der Waals surface area (Å²) >= 11 is 0. The number of benzene rings is 1. The predicted octanol–water partition coefficient (Wildman–Crippen LogP) is -0.352. The summed E-state index contributed by atoms with van der Waals surface area (Å²) in [4.78, 5) is 16.6. The van der Waals surface area contributed by atoms with Gasteiger partial charge in [0.2, 0.25) is 0 Å². The van der Waals surface area contributed by atoms with Crippen molar-refractivity contribution in [1.29, 1.82) is 0 Å². The van der Waals surface area contributed by atoms with Gasteiger partial charge in [-0.1, -0.05) is 24.8 Å². The molecular weight excluding hydrogens is 192 g/mol. The number of imidazole rings is 1. The van der Waals surface area contributed by atoms with Gasteiger partial charge in [0.1, 0.15) is 16.6 Å². The molecular formula is C11H10N2O2. The van der Waals surface area contributed by atoms with Gasteiger partial charge in [0.25, 0.3) is 5.56 Å². The Bertz CT molecular complexity index is 637. The van der Waals surface area contributed by atoms with Crippen LogP contribution in [0.4, 0.5) is 0 Å². The normalized spacial score (nSPS) is 11.9. The molecule has 1 aromatic heterocycles. The van der Waals surface area contributed by atoms with E-state index >= 15 is 0 Å². The zero-order valence-electron chi connectivity index (χ0n) is 7.95. The third-order valence-electron chi connectivity index (χ3n) is 2.03. The lowest BCUT2D eigenvalue weighted by molar-refractivity contribution is 0.474. The molecule has 76 valence electrons. The molecule has 2 rings (SSSR count). The van der Waals surface area contributed by atoms with Gasteiger partial charge in [-0.3, -0.25) is 4.79 Å². The lowest BCUT2D eigenvalue weighted by Crippen LogP contribution is -2.22. The van der Waals surface area contributed by atoms with Crippen molar-refractivity contribution in [1.82, 2.24) is 9.97 Å². The molecule has 0 saturated carbocycles. The van der Waals surface area contributed by atoms with Gasteiger partial charge < -0.3 is 15.1 Å². The van der Waals surface area contributed by atoms with Crippen LogP contribution in [-0.4, -0.2) is 15.1 Å². The first-order valence-corrected chi connectivity index (χ1v) is 4.44. The van der Waals surface area contributed by atoms with Crippen molar-refractivity contribution >= 4 is 12.7 Å². The van der Waals surface area contributed by atoms with E-state index < -0.39 is 0 Å². The monoisotopic (exact) mass is 202 g/mol. The van der Waals surface area contributed by atoms with Crippen molar-refractivity contribution in [3.63, 3.8) is 0 Å². The molecule has 1 aromatic carbocycles. The van der Waals surface area contributed by atoms with Gasteiger partial charge in [-0.2, -0.15) is 0 Å². The van der Waals surface area contributed by atoms with E-state index in [9.17, 15) is 9.90 Å². The Morgan fingerprint density at radius 2 is 2.00 bits per heavy atom. The van der Waals surface area contributed by atoms with Crippen molar-refractivity contribution < 1.29 is 5.11 Å². The fourth-order valence-corrected chi connectivity index (χ4v) is 1.32. The third kappa shape index (κ3) is 1.83. The van der Waals surface area contributed by atoms with Gasteiger partial charge in [0.05, 0.1) is 0 Å². The molecule has 2 aromatic rings.